The zero-order chi connectivity index (χ0) is 16.4. The Morgan fingerprint density at radius 2 is 1.90 bits per heavy atom. The van der Waals surface area contributed by atoms with Crippen molar-refractivity contribution in [2.45, 2.75) is 25.7 Å². The molecule has 1 rings (SSSR count). The Kier molecular flexibility index (Phi) is 4.69. The van der Waals surface area contributed by atoms with Crippen molar-refractivity contribution in [3.63, 3.8) is 0 Å². The molecule has 0 aromatic heterocycles. The number of hydrogen-bond acceptors (Lipinski definition) is 5. The van der Waals surface area contributed by atoms with E-state index in [1.54, 1.807) is 0 Å². The van der Waals surface area contributed by atoms with E-state index >= 15 is 0 Å². The van der Waals surface area contributed by atoms with Crippen LogP contribution in [-0.4, -0.2) is 25.8 Å². The highest BCUT2D eigenvalue weighted by Gasteiger charge is 2.20. The van der Waals surface area contributed by atoms with E-state index < -0.39 is 31.4 Å². The molecule has 9 heteroatoms. The van der Waals surface area contributed by atoms with Gasteiger partial charge in [-0.2, -0.15) is 0 Å². The molecule has 1 aromatic carbocycles. The molecule has 21 heavy (non-hydrogen) atoms. The number of non-ortho nitro benzene ring substituents is 1. The highest BCUT2D eigenvalue weighted by Crippen LogP contribution is 2.20. The first-order valence-electron chi connectivity index (χ1n) is 6.01. The van der Waals surface area contributed by atoms with E-state index in [-0.39, 0.29) is 11.0 Å². The van der Waals surface area contributed by atoms with E-state index in [0.29, 0.717) is 6.54 Å². The summed E-state index contributed by atoms with van der Waals surface area (Å²) in [6.07, 6.45) is 0. The minimum atomic E-state index is -4.14. The Morgan fingerprint density at radius 3 is 2.33 bits per heavy atom. The van der Waals surface area contributed by atoms with Crippen molar-refractivity contribution >= 4 is 21.6 Å². The lowest BCUT2D eigenvalue weighted by molar-refractivity contribution is -0.385. The van der Waals surface area contributed by atoms with E-state index in [0.717, 1.165) is 18.2 Å². The van der Waals surface area contributed by atoms with Crippen molar-refractivity contribution in [3.8, 4) is 0 Å². The number of benzene rings is 1. The van der Waals surface area contributed by atoms with Gasteiger partial charge in [0.25, 0.3) is 11.6 Å². The summed E-state index contributed by atoms with van der Waals surface area (Å²) in [5, 5.41) is 18.4. The fourth-order valence-electron chi connectivity index (χ4n) is 1.43. The summed E-state index contributed by atoms with van der Waals surface area (Å²) >= 11 is 0. The van der Waals surface area contributed by atoms with Gasteiger partial charge in [-0.3, -0.25) is 14.9 Å². The molecule has 0 atom stereocenters. The number of amides is 1. The molecule has 0 spiro atoms. The van der Waals surface area contributed by atoms with Gasteiger partial charge in [0, 0.05) is 24.2 Å². The number of sulfonamides is 1. The van der Waals surface area contributed by atoms with Crippen molar-refractivity contribution < 1.29 is 18.1 Å². The maximum Gasteiger partial charge on any atom is 0.271 e. The first-order valence-corrected chi connectivity index (χ1v) is 7.55. The lowest BCUT2D eigenvalue weighted by Crippen LogP contribution is -2.32. The lowest BCUT2D eigenvalue weighted by Gasteiger charge is -2.18. The van der Waals surface area contributed by atoms with E-state index in [1.165, 1.54) is 0 Å². The fraction of sp³-hybridized carbons (Fsp3) is 0.417. The van der Waals surface area contributed by atoms with Crippen LogP contribution < -0.4 is 10.5 Å². The third-order valence-corrected chi connectivity index (χ3v) is 3.36. The normalized spacial score (nSPS) is 12.0. The molecular weight excluding hydrogens is 298 g/mol. The second-order valence-corrected chi connectivity index (χ2v) is 7.32. The van der Waals surface area contributed by atoms with Gasteiger partial charge in [-0.05, 0) is 11.5 Å². The third kappa shape index (κ3) is 5.12. The molecule has 0 saturated heterocycles. The first-order chi connectivity index (χ1) is 9.40. The van der Waals surface area contributed by atoms with Crippen LogP contribution >= 0.6 is 0 Å². The molecule has 1 aromatic rings. The molecule has 0 radical (unpaired) electrons. The number of nitro benzene ring substituents is 1. The van der Waals surface area contributed by atoms with Gasteiger partial charge in [0.1, 0.15) is 0 Å². The summed E-state index contributed by atoms with van der Waals surface area (Å²) in [4.78, 5) is 21.5. The molecule has 0 fully saturated rings. The second-order valence-electron chi connectivity index (χ2n) is 5.76. The fourth-order valence-corrected chi connectivity index (χ4v) is 2.01. The monoisotopic (exact) mass is 315 g/mol. The number of nitrogens with zero attached hydrogens (tertiary/aromatic N) is 1. The number of nitro groups is 1. The minimum absolute atomic E-state index is 0.127. The quantitative estimate of drug-likeness (QED) is 0.632. The standard InChI is InChI=1S/C12H17N3O5S/c1-12(2,3)7-14-11(16)8-4-9(15(17)18)6-10(5-8)21(13,19)20/h4-6H,7H2,1-3H3,(H,14,16)(H2,13,19,20). The van der Waals surface area contributed by atoms with Gasteiger partial charge in [-0.1, -0.05) is 20.8 Å². The maximum atomic E-state index is 12.0. The van der Waals surface area contributed by atoms with Gasteiger partial charge in [-0.15, -0.1) is 0 Å². The van der Waals surface area contributed by atoms with Crippen LogP contribution in [0.25, 0.3) is 0 Å². The smallest absolute Gasteiger partial charge is 0.271 e. The molecule has 0 bridgehead atoms. The van der Waals surface area contributed by atoms with E-state index in [1.807, 2.05) is 20.8 Å². The molecule has 3 N–H and O–H groups in total. The number of carbonyl (C=O) groups excluding carboxylic acids is 1. The first kappa shape index (κ1) is 17.1. The molecule has 1 amide bonds. The number of primary sulfonamides is 1. The predicted octanol–water partition coefficient (Wildman–Crippen LogP) is 1.02. The van der Waals surface area contributed by atoms with Crippen LogP contribution in [0, 0.1) is 15.5 Å². The van der Waals surface area contributed by atoms with Gasteiger partial charge < -0.3 is 5.32 Å². The summed E-state index contributed by atoms with van der Waals surface area (Å²) in [6.45, 7) is 6.03. The van der Waals surface area contributed by atoms with Gasteiger partial charge >= 0.3 is 0 Å². The number of nitrogens with two attached hydrogens (primary N) is 1. The van der Waals surface area contributed by atoms with E-state index in [9.17, 15) is 23.3 Å². The zero-order valence-corrected chi connectivity index (χ0v) is 12.7. The van der Waals surface area contributed by atoms with Gasteiger partial charge in [-0.25, -0.2) is 13.6 Å². The largest absolute Gasteiger partial charge is 0.352 e. The van der Waals surface area contributed by atoms with Crippen molar-refractivity contribution in [2.75, 3.05) is 6.54 Å². The second kappa shape index (κ2) is 5.78. The topological polar surface area (TPSA) is 132 Å². The number of hydrogen-bond donors (Lipinski definition) is 2. The third-order valence-electron chi connectivity index (χ3n) is 2.47. The van der Waals surface area contributed by atoms with Crippen LogP contribution in [0.2, 0.25) is 0 Å². The van der Waals surface area contributed by atoms with Crippen molar-refractivity contribution in [1.82, 2.24) is 5.32 Å². The van der Waals surface area contributed by atoms with Gasteiger partial charge in [0.2, 0.25) is 10.0 Å². The Balaban J connectivity index is 3.20. The van der Waals surface area contributed by atoms with Crippen molar-refractivity contribution in [2.24, 2.45) is 10.6 Å². The average Bonchev–Trinajstić information content (AvgIpc) is 2.33. The highest BCUT2D eigenvalue weighted by molar-refractivity contribution is 7.89. The van der Waals surface area contributed by atoms with Crippen molar-refractivity contribution in [1.29, 1.82) is 0 Å². The Morgan fingerprint density at radius 1 is 1.33 bits per heavy atom. The Bertz CT molecular complexity index is 677. The molecule has 0 aliphatic carbocycles. The van der Waals surface area contributed by atoms with E-state index in [4.69, 9.17) is 5.14 Å². The Hall–Kier alpha value is -2.00. The zero-order valence-electron chi connectivity index (χ0n) is 11.9. The minimum Gasteiger partial charge on any atom is -0.352 e. The van der Waals surface area contributed by atoms with Gasteiger partial charge in [0.05, 0.1) is 9.82 Å². The average molecular weight is 315 g/mol. The lowest BCUT2D eigenvalue weighted by atomic mass is 9.97. The van der Waals surface area contributed by atoms with Crippen LogP contribution in [0.5, 0.6) is 0 Å². The number of rotatable bonds is 4. The summed E-state index contributed by atoms with van der Waals surface area (Å²) < 4.78 is 22.6. The van der Waals surface area contributed by atoms with Crippen LogP contribution in [0.1, 0.15) is 31.1 Å². The maximum absolute atomic E-state index is 12.0. The van der Waals surface area contributed by atoms with Crippen LogP contribution in [0.15, 0.2) is 23.1 Å². The summed E-state index contributed by atoms with van der Waals surface area (Å²) in [7, 11) is -4.14. The highest BCUT2D eigenvalue weighted by atomic mass is 32.2. The van der Waals surface area contributed by atoms with Crippen LogP contribution in [0.4, 0.5) is 5.69 Å². The molecular formula is C12H17N3O5S. The molecule has 0 heterocycles. The van der Waals surface area contributed by atoms with Crippen LogP contribution in [-0.2, 0) is 10.0 Å². The SMILES string of the molecule is CC(C)(C)CNC(=O)c1cc([N+](=O)[O-])cc(S(N)(=O)=O)c1. The van der Waals surface area contributed by atoms with Crippen molar-refractivity contribution in [3.05, 3.63) is 33.9 Å². The summed E-state index contributed by atoms with van der Waals surface area (Å²) in [5.41, 5.74) is -0.820. The number of carbonyl (C=O) groups is 1. The predicted molar refractivity (Wildman–Crippen MR) is 76.3 cm³/mol. The molecule has 0 aliphatic rings. The molecule has 116 valence electrons. The molecule has 0 unspecified atom stereocenters. The Labute approximate surface area is 122 Å². The number of nitrogens with one attached hydrogen (secondary N) is 1. The van der Waals surface area contributed by atoms with E-state index in [2.05, 4.69) is 5.32 Å². The summed E-state index contributed by atoms with van der Waals surface area (Å²) in [5.74, 6) is -0.599. The molecule has 0 saturated carbocycles. The molecule has 8 nitrogen and oxygen atoms in total. The van der Waals surface area contributed by atoms with Crippen LogP contribution in [0.3, 0.4) is 0 Å². The van der Waals surface area contributed by atoms with Gasteiger partial charge in [0.15, 0.2) is 0 Å². The molecule has 0 aliphatic heterocycles. The summed E-state index contributed by atoms with van der Waals surface area (Å²) in [6, 6.07) is 2.84.